The largest absolute Gasteiger partial charge is 0.368 e. The highest BCUT2D eigenvalue weighted by atomic mass is 32.2. The average molecular weight is 242 g/mol. The van der Waals surface area contributed by atoms with E-state index >= 15 is 0 Å². The van der Waals surface area contributed by atoms with Crippen molar-refractivity contribution in [3.63, 3.8) is 0 Å². The minimum absolute atomic E-state index is 0.0610. The molecule has 1 rings (SSSR count). The van der Waals surface area contributed by atoms with Gasteiger partial charge in [-0.15, -0.1) is 0 Å². The molecule has 0 atom stereocenters. The maximum Gasteiger partial charge on any atom is 0.322 e. The topological polar surface area (TPSA) is 94.9 Å². The number of nitrogens with zero attached hydrogens (tertiary/aromatic N) is 3. The predicted molar refractivity (Wildman–Crippen MR) is 63.4 cm³/mol. The first-order valence-electron chi connectivity index (χ1n) is 4.68. The minimum atomic E-state index is -0.469. The lowest BCUT2D eigenvalue weighted by Crippen LogP contribution is -2.11. The molecular formula is C9H14N4O2S. The first kappa shape index (κ1) is 12.7. The van der Waals surface area contributed by atoms with Gasteiger partial charge in [-0.25, -0.2) is 4.98 Å². The van der Waals surface area contributed by atoms with E-state index in [1.165, 1.54) is 11.8 Å². The summed E-state index contributed by atoms with van der Waals surface area (Å²) < 4.78 is -0.169. The number of nitro groups is 1. The minimum Gasteiger partial charge on any atom is -0.368 e. The van der Waals surface area contributed by atoms with Gasteiger partial charge in [0.2, 0.25) is 5.95 Å². The molecular weight excluding hydrogens is 228 g/mol. The quantitative estimate of drug-likeness (QED) is 0.369. The molecule has 0 saturated heterocycles. The van der Waals surface area contributed by atoms with E-state index in [-0.39, 0.29) is 16.4 Å². The Labute approximate surface area is 97.8 Å². The Balaban J connectivity index is 3.30. The molecule has 0 radical (unpaired) electrons. The van der Waals surface area contributed by atoms with E-state index in [2.05, 4.69) is 9.97 Å². The SMILES string of the molecule is Cc1nc(N)nc(SC(C)(C)C)c1[N+](=O)[O-]. The van der Waals surface area contributed by atoms with Gasteiger partial charge in [0.05, 0.1) is 4.92 Å². The zero-order valence-corrected chi connectivity index (χ0v) is 10.5. The summed E-state index contributed by atoms with van der Waals surface area (Å²) in [7, 11) is 0. The number of nitrogens with two attached hydrogens (primary N) is 1. The molecule has 1 aromatic heterocycles. The highest BCUT2D eigenvalue weighted by Crippen LogP contribution is 2.37. The van der Waals surface area contributed by atoms with Crippen molar-refractivity contribution < 1.29 is 4.92 Å². The zero-order chi connectivity index (χ0) is 12.5. The molecule has 0 aliphatic heterocycles. The molecule has 0 amide bonds. The van der Waals surface area contributed by atoms with E-state index in [1.807, 2.05) is 20.8 Å². The van der Waals surface area contributed by atoms with Gasteiger partial charge in [0, 0.05) is 4.75 Å². The Hall–Kier alpha value is -1.37. The molecule has 0 saturated carbocycles. The van der Waals surface area contributed by atoms with Crippen LogP contribution in [0.2, 0.25) is 0 Å². The first-order valence-corrected chi connectivity index (χ1v) is 5.50. The lowest BCUT2D eigenvalue weighted by Gasteiger charge is -2.16. The molecule has 1 heterocycles. The lowest BCUT2D eigenvalue weighted by atomic mass is 10.3. The maximum absolute atomic E-state index is 10.9. The normalized spacial score (nSPS) is 11.5. The molecule has 0 bridgehead atoms. The van der Waals surface area contributed by atoms with Crippen molar-refractivity contribution in [2.24, 2.45) is 0 Å². The summed E-state index contributed by atoms with van der Waals surface area (Å²) in [5.74, 6) is 0.0647. The Bertz CT molecular complexity index is 428. The van der Waals surface area contributed by atoms with Gasteiger partial charge in [-0.2, -0.15) is 4.98 Å². The number of anilines is 1. The third-order valence-corrected chi connectivity index (χ3v) is 2.72. The van der Waals surface area contributed by atoms with Gasteiger partial charge < -0.3 is 5.73 Å². The van der Waals surface area contributed by atoms with Crippen LogP contribution in [0.25, 0.3) is 0 Å². The number of nitrogen functional groups attached to an aromatic ring is 1. The van der Waals surface area contributed by atoms with E-state index < -0.39 is 4.92 Å². The number of rotatable bonds is 2. The van der Waals surface area contributed by atoms with Gasteiger partial charge in [-0.05, 0) is 6.92 Å². The fraction of sp³-hybridized carbons (Fsp3) is 0.556. The standard InChI is InChI=1S/C9H14N4O2S/c1-5-6(13(14)15)7(12-8(10)11-5)16-9(2,3)4/h1-4H3,(H2,10,11,12). The van der Waals surface area contributed by atoms with E-state index in [0.717, 1.165) is 0 Å². The predicted octanol–water partition coefficient (Wildman–Crippen LogP) is 2.17. The van der Waals surface area contributed by atoms with Crippen molar-refractivity contribution in [3.05, 3.63) is 15.8 Å². The molecule has 1 aromatic rings. The van der Waals surface area contributed by atoms with Crippen LogP contribution < -0.4 is 5.73 Å². The summed E-state index contributed by atoms with van der Waals surface area (Å²) in [5, 5.41) is 11.2. The number of aromatic nitrogens is 2. The molecule has 0 aromatic carbocycles. The number of aryl methyl sites for hydroxylation is 1. The van der Waals surface area contributed by atoms with Gasteiger partial charge in [0.1, 0.15) is 5.69 Å². The van der Waals surface area contributed by atoms with E-state index in [1.54, 1.807) is 6.92 Å². The van der Waals surface area contributed by atoms with Crippen molar-refractivity contribution >= 4 is 23.4 Å². The maximum atomic E-state index is 10.9. The molecule has 88 valence electrons. The van der Waals surface area contributed by atoms with Crippen LogP contribution in [0.3, 0.4) is 0 Å². The Kier molecular flexibility index (Phi) is 3.37. The average Bonchev–Trinajstić information content (AvgIpc) is 1.96. The van der Waals surface area contributed by atoms with Crippen LogP contribution in [0.5, 0.6) is 0 Å². The summed E-state index contributed by atoms with van der Waals surface area (Å²) in [6.45, 7) is 7.42. The van der Waals surface area contributed by atoms with Crippen molar-refractivity contribution in [1.29, 1.82) is 0 Å². The van der Waals surface area contributed by atoms with Crippen LogP contribution >= 0.6 is 11.8 Å². The molecule has 0 fully saturated rings. The fourth-order valence-electron chi connectivity index (χ4n) is 1.13. The summed E-state index contributed by atoms with van der Waals surface area (Å²) in [6.07, 6.45) is 0. The first-order chi connectivity index (χ1) is 7.20. The van der Waals surface area contributed by atoms with Crippen molar-refractivity contribution in [2.75, 3.05) is 5.73 Å². The summed E-state index contributed by atoms with van der Waals surface area (Å²) in [4.78, 5) is 18.2. The third-order valence-electron chi connectivity index (χ3n) is 1.63. The van der Waals surface area contributed by atoms with Crippen molar-refractivity contribution in [3.8, 4) is 0 Å². The van der Waals surface area contributed by atoms with Gasteiger partial charge in [0.15, 0.2) is 5.03 Å². The Morgan fingerprint density at radius 1 is 1.38 bits per heavy atom. The molecule has 6 nitrogen and oxygen atoms in total. The smallest absolute Gasteiger partial charge is 0.322 e. The van der Waals surface area contributed by atoms with Crippen LogP contribution in [0.4, 0.5) is 11.6 Å². The van der Waals surface area contributed by atoms with E-state index in [0.29, 0.717) is 10.7 Å². The number of hydrogen-bond acceptors (Lipinski definition) is 6. The highest BCUT2D eigenvalue weighted by Gasteiger charge is 2.25. The second-order valence-electron chi connectivity index (χ2n) is 4.29. The van der Waals surface area contributed by atoms with E-state index in [9.17, 15) is 10.1 Å². The van der Waals surface area contributed by atoms with Crippen LogP contribution in [-0.2, 0) is 0 Å². The van der Waals surface area contributed by atoms with Gasteiger partial charge in [-0.1, -0.05) is 32.5 Å². The second kappa shape index (κ2) is 4.25. The van der Waals surface area contributed by atoms with Crippen LogP contribution in [0.1, 0.15) is 26.5 Å². The van der Waals surface area contributed by atoms with Gasteiger partial charge in [-0.3, -0.25) is 10.1 Å². The van der Waals surface area contributed by atoms with Crippen LogP contribution in [0, 0.1) is 17.0 Å². The fourth-order valence-corrected chi connectivity index (χ4v) is 2.17. The monoisotopic (exact) mass is 242 g/mol. The highest BCUT2D eigenvalue weighted by molar-refractivity contribution is 8.00. The Morgan fingerprint density at radius 3 is 2.38 bits per heavy atom. The van der Waals surface area contributed by atoms with E-state index in [4.69, 9.17) is 5.73 Å². The van der Waals surface area contributed by atoms with Gasteiger partial charge >= 0.3 is 5.69 Å². The zero-order valence-electron chi connectivity index (χ0n) is 9.64. The Morgan fingerprint density at radius 2 is 1.94 bits per heavy atom. The molecule has 2 N–H and O–H groups in total. The van der Waals surface area contributed by atoms with Crippen LogP contribution in [0.15, 0.2) is 5.03 Å². The van der Waals surface area contributed by atoms with Crippen molar-refractivity contribution in [1.82, 2.24) is 9.97 Å². The third kappa shape index (κ3) is 3.06. The summed E-state index contributed by atoms with van der Waals surface area (Å²) in [6, 6.07) is 0. The van der Waals surface area contributed by atoms with Gasteiger partial charge in [0.25, 0.3) is 0 Å². The number of thioether (sulfide) groups is 1. The van der Waals surface area contributed by atoms with Crippen molar-refractivity contribution in [2.45, 2.75) is 37.5 Å². The molecule has 0 unspecified atom stereocenters. The molecule has 16 heavy (non-hydrogen) atoms. The van der Waals surface area contributed by atoms with Crippen LogP contribution in [-0.4, -0.2) is 19.6 Å². The molecule has 0 aliphatic rings. The summed E-state index contributed by atoms with van der Waals surface area (Å²) in [5.41, 5.74) is 5.72. The lowest BCUT2D eigenvalue weighted by molar-refractivity contribution is -0.389. The summed E-state index contributed by atoms with van der Waals surface area (Å²) >= 11 is 1.31. The molecule has 0 aliphatic carbocycles. The molecule has 7 heteroatoms. The molecule has 0 spiro atoms. The second-order valence-corrected chi connectivity index (χ2v) is 6.11. The number of hydrogen-bond donors (Lipinski definition) is 1.